The molecule has 2 heterocycles. The summed E-state index contributed by atoms with van der Waals surface area (Å²) in [6, 6.07) is 11.1. The van der Waals surface area contributed by atoms with Crippen molar-refractivity contribution in [2.24, 2.45) is 0 Å². The van der Waals surface area contributed by atoms with Gasteiger partial charge in [-0.25, -0.2) is 22.9 Å². The van der Waals surface area contributed by atoms with Crippen molar-refractivity contribution in [1.29, 1.82) is 0 Å². The summed E-state index contributed by atoms with van der Waals surface area (Å²) in [4.78, 5) is 28.7. The van der Waals surface area contributed by atoms with Crippen LogP contribution in [0.3, 0.4) is 0 Å². The molecule has 0 saturated heterocycles. The van der Waals surface area contributed by atoms with Gasteiger partial charge in [-0.05, 0) is 36.8 Å². The van der Waals surface area contributed by atoms with Gasteiger partial charge in [0.05, 0.1) is 23.3 Å². The minimum absolute atomic E-state index is 0.174. The minimum Gasteiger partial charge on any atom is -0.462 e. The largest absolute Gasteiger partial charge is 0.462 e. The molecular formula is C20H20N4O5S. The minimum atomic E-state index is -3.27. The Labute approximate surface area is 173 Å². The van der Waals surface area contributed by atoms with Crippen LogP contribution >= 0.6 is 0 Å². The Balaban J connectivity index is 1.68. The van der Waals surface area contributed by atoms with Gasteiger partial charge in [-0.1, -0.05) is 18.2 Å². The summed E-state index contributed by atoms with van der Waals surface area (Å²) in [5.41, 5.74) is 1.21. The second-order valence-electron chi connectivity index (χ2n) is 6.37. The predicted molar refractivity (Wildman–Crippen MR) is 108 cm³/mol. The van der Waals surface area contributed by atoms with Crippen LogP contribution in [-0.4, -0.2) is 47.9 Å². The lowest BCUT2D eigenvalue weighted by Crippen LogP contribution is -2.24. The zero-order valence-corrected chi connectivity index (χ0v) is 17.2. The number of nitrogens with one attached hydrogen (secondary N) is 1. The Morgan fingerprint density at radius 2 is 1.87 bits per heavy atom. The summed E-state index contributed by atoms with van der Waals surface area (Å²) >= 11 is 0. The quantitative estimate of drug-likeness (QED) is 0.570. The van der Waals surface area contributed by atoms with Crippen LogP contribution in [0, 0.1) is 0 Å². The molecule has 0 spiro atoms. The van der Waals surface area contributed by atoms with Crippen LogP contribution in [0.4, 0.5) is 0 Å². The molecule has 0 radical (unpaired) electrons. The molecule has 0 aliphatic rings. The normalized spacial score (nSPS) is 11.1. The SMILES string of the molecule is CCOC(=O)c1cnn(-c2cccc(C(=O)NCc3ccc(S(C)(=O)=O)cc3)n2)c1. The number of pyridine rings is 1. The van der Waals surface area contributed by atoms with E-state index in [9.17, 15) is 18.0 Å². The molecule has 9 nitrogen and oxygen atoms in total. The lowest BCUT2D eigenvalue weighted by Gasteiger charge is -2.07. The number of hydrogen-bond acceptors (Lipinski definition) is 7. The number of carbonyl (C=O) groups is 2. The van der Waals surface area contributed by atoms with Gasteiger partial charge in [0.25, 0.3) is 5.91 Å². The van der Waals surface area contributed by atoms with Gasteiger partial charge >= 0.3 is 5.97 Å². The van der Waals surface area contributed by atoms with E-state index in [1.165, 1.54) is 29.2 Å². The predicted octanol–water partition coefficient (Wildman–Crippen LogP) is 1.78. The summed E-state index contributed by atoms with van der Waals surface area (Å²) in [5, 5.41) is 6.82. The smallest absolute Gasteiger partial charge is 0.341 e. The van der Waals surface area contributed by atoms with Crippen molar-refractivity contribution in [3.05, 3.63) is 71.7 Å². The van der Waals surface area contributed by atoms with Crippen molar-refractivity contribution in [2.75, 3.05) is 12.9 Å². The van der Waals surface area contributed by atoms with Gasteiger partial charge in [0, 0.05) is 19.0 Å². The first-order valence-electron chi connectivity index (χ1n) is 9.04. The van der Waals surface area contributed by atoms with Gasteiger partial charge in [-0.3, -0.25) is 4.79 Å². The number of carbonyl (C=O) groups excluding carboxylic acids is 2. The van der Waals surface area contributed by atoms with E-state index in [2.05, 4.69) is 15.4 Å². The maximum atomic E-state index is 12.5. The van der Waals surface area contributed by atoms with Crippen LogP contribution in [-0.2, 0) is 21.1 Å². The molecule has 0 fully saturated rings. The van der Waals surface area contributed by atoms with Crippen molar-refractivity contribution in [3.63, 3.8) is 0 Å². The van der Waals surface area contributed by atoms with E-state index < -0.39 is 21.7 Å². The first-order chi connectivity index (χ1) is 14.3. The van der Waals surface area contributed by atoms with Gasteiger partial charge in [-0.15, -0.1) is 0 Å². The number of aromatic nitrogens is 3. The van der Waals surface area contributed by atoms with Gasteiger partial charge in [0.2, 0.25) is 0 Å². The highest BCUT2D eigenvalue weighted by atomic mass is 32.2. The second-order valence-corrected chi connectivity index (χ2v) is 8.39. The highest BCUT2D eigenvalue weighted by Gasteiger charge is 2.13. The number of nitrogens with zero attached hydrogens (tertiary/aromatic N) is 3. The van der Waals surface area contributed by atoms with Crippen molar-refractivity contribution < 1.29 is 22.7 Å². The summed E-state index contributed by atoms with van der Waals surface area (Å²) < 4.78 is 29.3. The van der Waals surface area contributed by atoms with Gasteiger partial charge in [0.15, 0.2) is 15.7 Å². The Morgan fingerprint density at radius 1 is 1.13 bits per heavy atom. The Morgan fingerprint density at radius 3 is 2.53 bits per heavy atom. The standard InChI is InChI=1S/C20H20N4O5S/c1-3-29-20(26)15-12-22-24(13-15)18-6-4-5-17(23-18)19(25)21-11-14-7-9-16(10-8-14)30(2,27)28/h4-10,12-13H,3,11H2,1-2H3,(H,21,25). The third kappa shape index (κ3) is 5.09. The number of ether oxygens (including phenoxy) is 1. The fourth-order valence-electron chi connectivity index (χ4n) is 2.57. The van der Waals surface area contributed by atoms with E-state index in [4.69, 9.17) is 4.74 Å². The molecule has 0 atom stereocenters. The molecule has 30 heavy (non-hydrogen) atoms. The third-order valence-electron chi connectivity index (χ3n) is 4.10. The van der Waals surface area contributed by atoms with Crippen molar-refractivity contribution in [1.82, 2.24) is 20.1 Å². The van der Waals surface area contributed by atoms with Crippen LogP contribution in [0.2, 0.25) is 0 Å². The molecule has 1 aromatic carbocycles. The van der Waals surface area contributed by atoms with E-state index in [1.54, 1.807) is 37.3 Å². The zero-order chi connectivity index (χ0) is 21.7. The van der Waals surface area contributed by atoms with Gasteiger partial charge in [-0.2, -0.15) is 5.10 Å². The number of benzene rings is 1. The van der Waals surface area contributed by atoms with Crippen LogP contribution in [0.15, 0.2) is 59.8 Å². The van der Waals surface area contributed by atoms with Crippen molar-refractivity contribution >= 4 is 21.7 Å². The number of amides is 1. The van der Waals surface area contributed by atoms with Gasteiger partial charge < -0.3 is 10.1 Å². The molecule has 0 saturated carbocycles. The first-order valence-corrected chi connectivity index (χ1v) is 10.9. The molecule has 3 aromatic rings. The highest BCUT2D eigenvalue weighted by molar-refractivity contribution is 7.90. The zero-order valence-electron chi connectivity index (χ0n) is 16.4. The average Bonchev–Trinajstić information content (AvgIpc) is 3.22. The average molecular weight is 428 g/mol. The lowest BCUT2D eigenvalue weighted by molar-refractivity contribution is 0.0526. The van der Waals surface area contributed by atoms with Gasteiger partial charge in [0.1, 0.15) is 5.69 Å². The Hall–Kier alpha value is -3.53. The fourth-order valence-corrected chi connectivity index (χ4v) is 3.20. The van der Waals surface area contributed by atoms with E-state index in [-0.39, 0.29) is 29.3 Å². The summed E-state index contributed by atoms with van der Waals surface area (Å²) in [5.74, 6) is -0.517. The Kier molecular flexibility index (Phi) is 6.26. The molecule has 3 rings (SSSR count). The molecule has 0 bridgehead atoms. The molecule has 156 valence electrons. The topological polar surface area (TPSA) is 120 Å². The molecule has 0 aliphatic carbocycles. The third-order valence-corrected chi connectivity index (χ3v) is 5.23. The second kappa shape index (κ2) is 8.87. The number of hydrogen-bond donors (Lipinski definition) is 1. The summed E-state index contributed by atoms with van der Waals surface area (Å²) in [7, 11) is -3.27. The van der Waals surface area contributed by atoms with E-state index in [0.29, 0.717) is 5.82 Å². The van der Waals surface area contributed by atoms with Crippen LogP contribution in [0.25, 0.3) is 5.82 Å². The van der Waals surface area contributed by atoms with Crippen LogP contribution in [0.5, 0.6) is 0 Å². The lowest BCUT2D eigenvalue weighted by atomic mass is 10.2. The van der Waals surface area contributed by atoms with E-state index in [1.807, 2.05) is 0 Å². The van der Waals surface area contributed by atoms with Crippen molar-refractivity contribution in [2.45, 2.75) is 18.4 Å². The molecule has 1 amide bonds. The summed E-state index contributed by atoms with van der Waals surface area (Å²) in [6.45, 7) is 2.19. The molecule has 2 aromatic heterocycles. The highest BCUT2D eigenvalue weighted by Crippen LogP contribution is 2.11. The number of sulfone groups is 1. The van der Waals surface area contributed by atoms with Crippen LogP contribution < -0.4 is 5.32 Å². The molecule has 0 unspecified atom stereocenters. The van der Waals surface area contributed by atoms with E-state index >= 15 is 0 Å². The molecule has 1 N–H and O–H groups in total. The number of rotatable bonds is 7. The maximum absolute atomic E-state index is 12.5. The molecule has 10 heteroatoms. The summed E-state index contributed by atoms with van der Waals surface area (Å²) in [6.07, 6.45) is 3.98. The monoisotopic (exact) mass is 428 g/mol. The fraction of sp³-hybridized carbons (Fsp3) is 0.200. The first kappa shape index (κ1) is 21.2. The maximum Gasteiger partial charge on any atom is 0.341 e. The molecule has 0 aliphatic heterocycles. The molecular weight excluding hydrogens is 408 g/mol. The van der Waals surface area contributed by atoms with Crippen LogP contribution in [0.1, 0.15) is 33.3 Å². The Bertz CT molecular complexity index is 1170. The van der Waals surface area contributed by atoms with E-state index in [0.717, 1.165) is 11.8 Å². The van der Waals surface area contributed by atoms with Crippen molar-refractivity contribution in [3.8, 4) is 5.82 Å². The number of esters is 1.